The van der Waals surface area contributed by atoms with Crippen molar-refractivity contribution < 1.29 is 14.3 Å². The minimum Gasteiger partial charge on any atom is -0.466 e. The summed E-state index contributed by atoms with van der Waals surface area (Å²) in [6.07, 6.45) is 8.19. The molecule has 1 aliphatic rings. The maximum absolute atomic E-state index is 11.3. The summed E-state index contributed by atoms with van der Waals surface area (Å²) in [6.45, 7) is 4.24. The van der Waals surface area contributed by atoms with Crippen LogP contribution in [-0.4, -0.2) is 24.8 Å². The van der Waals surface area contributed by atoms with Crippen LogP contribution in [0.5, 0.6) is 0 Å². The van der Waals surface area contributed by atoms with E-state index in [1.165, 1.54) is 25.7 Å². The predicted molar refractivity (Wildman–Crippen MR) is 63.3 cm³/mol. The van der Waals surface area contributed by atoms with Crippen LogP contribution in [0.3, 0.4) is 0 Å². The van der Waals surface area contributed by atoms with E-state index < -0.39 is 0 Å². The zero-order chi connectivity index (χ0) is 11.8. The molecule has 16 heavy (non-hydrogen) atoms. The summed E-state index contributed by atoms with van der Waals surface area (Å²) in [5.41, 5.74) is 0. The van der Waals surface area contributed by atoms with E-state index in [0.29, 0.717) is 19.1 Å². The van der Waals surface area contributed by atoms with Crippen molar-refractivity contribution in [3.05, 3.63) is 0 Å². The quantitative estimate of drug-likeness (QED) is 0.536. The summed E-state index contributed by atoms with van der Waals surface area (Å²) in [5.74, 6) is -0.149. The first-order valence-corrected chi connectivity index (χ1v) is 6.53. The van der Waals surface area contributed by atoms with E-state index in [0.717, 1.165) is 12.8 Å². The van der Waals surface area contributed by atoms with Crippen molar-refractivity contribution in [3.63, 3.8) is 0 Å². The van der Waals surface area contributed by atoms with Crippen LogP contribution < -0.4 is 0 Å². The number of rotatable bonds is 5. The van der Waals surface area contributed by atoms with Crippen LogP contribution >= 0.6 is 0 Å². The fraction of sp³-hybridized carbons (Fsp3) is 0.923. The Balaban J connectivity index is 2.21. The second kappa shape index (κ2) is 7.66. The Morgan fingerprint density at radius 3 is 2.44 bits per heavy atom. The van der Waals surface area contributed by atoms with Crippen molar-refractivity contribution in [1.29, 1.82) is 0 Å². The van der Waals surface area contributed by atoms with Gasteiger partial charge in [-0.05, 0) is 26.7 Å². The molecular formula is C13H24O3. The molecule has 1 rings (SSSR count). The smallest absolute Gasteiger partial charge is 0.308 e. The molecule has 1 atom stereocenters. The fourth-order valence-electron chi connectivity index (χ4n) is 2.21. The first-order valence-electron chi connectivity index (χ1n) is 6.53. The van der Waals surface area contributed by atoms with Crippen molar-refractivity contribution >= 4 is 5.97 Å². The van der Waals surface area contributed by atoms with Crippen molar-refractivity contribution in [2.75, 3.05) is 6.61 Å². The van der Waals surface area contributed by atoms with Crippen LogP contribution in [0.25, 0.3) is 0 Å². The number of carbonyl (C=O) groups is 1. The van der Waals surface area contributed by atoms with E-state index in [4.69, 9.17) is 9.47 Å². The summed E-state index contributed by atoms with van der Waals surface area (Å²) < 4.78 is 10.8. The van der Waals surface area contributed by atoms with Crippen LogP contribution in [-0.2, 0) is 14.3 Å². The van der Waals surface area contributed by atoms with Gasteiger partial charge in [-0.15, -0.1) is 0 Å². The maximum atomic E-state index is 11.3. The first-order chi connectivity index (χ1) is 7.72. The summed E-state index contributed by atoms with van der Waals surface area (Å²) in [7, 11) is 0. The van der Waals surface area contributed by atoms with Crippen LogP contribution in [0, 0.1) is 0 Å². The Labute approximate surface area is 98.5 Å². The minimum atomic E-state index is -0.149. The average Bonchev–Trinajstić information content (AvgIpc) is 2.46. The lowest BCUT2D eigenvalue weighted by Crippen LogP contribution is -2.22. The number of carbonyl (C=O) groups excluding carboxylic acids is 1. The van der Waals surface area contributed by atoms with Gasteiger partial charge >= 0.3 is 5.97 Å². The van der Waals surface area contributed by atoms with Gasteiger partial charge in [-0.3, -0.25) is 4.79 Å². The molecule has 0 spiro atoms. The van der Waals surface area contributed by atoms with Gasteiger partial charge in [-0.2, -0.15) is 0 Å². The van der Waals surface area contributed by atoms with Crippen LogP contribution in [0.15, 0.2) is 0 Å². The van der Waals surface area contributed by atoms with E-state index in [9.17, 15) is 4.79 Å². The summed E-state index contributed by atoms with van der Waals surface area (Å²) in [5, 5.41) is 0. The van der Waals surface area contributed by atoms with Crippen LogP contribution in [0.1, 0.15) is 58.8 Å². The maximum Gasteiger partial charge on any atom is 0.308 e. The summed E-state index contributed by atoms with van der Waals surface area (Å²) in [6, 6.07) is 0. The zero-order valence-corrected chi connectivity index (χ0v) is 10.5. The molecule has 0 aromatic carbocycles. The molecule has 94 valence electrons. The van der Waals surface area contributed by atoms with Gasteiger partial charge in [0, 0.05) is 0 Å². The molecule has 1 unspecified atom stereocenters. The van der Waals surface area contributed by atoms with Crippen molar-refractivity contribution in [2.45, 2.75) is 71.0 Å². The lowest BCUT2D eigenvalue weighted by Gasteiger charge is -2.20. The molecule has 0 aromatic rings. The monoisotopic (exact) mass is 228 g/mol. The highest BCUT2D eigenvalue weighted by molar-refractivity contribution is 5.69. The molecule has 3 heteroatoms. The molecule has 3 nitrogen and oxygen atoms in total. The van der Waals surface area contributed by atoms with Gasteiger partial charge in [0.1, 0.15) is 0 Å². The van der Waals surface area contributed by atoms with Gasteiger partial charge in [-0.1, -0.05) is 25.7 Å². The molecule has 1 fully saturated rings. The highest BCUT2D eigenvalue weighted by Crippen LogP contribution is 2.21. The number of hydrogen-bond acceptors (Lipinski definition) is 3. The second-order valence-electron chi connectivity index (χ2n) is 4.57. The van der Waals surface area contributed by atoms with Gasteiger partial charge in [0.2, 0.25) is 0 Å². The number of hydrogen-bond donors (Lipinski definition) is 0. The zero-order valence-electron chi connectivity index (χ0n) is 10.5. The topological polar surface area (TPSA) is 35.5 Å². The number of ether oxygens (including phenoxy) is 2. The van der Waals surface area contributed by atoms with E-state index in [-0.39, 0.29) is 12.1 Å². The molecule has 0 N–H and O–H groups in total. The van der Waals surface area contributed by atoms with Gasteiger partial charge < -0.3 is 9.47 Å². The molecule has 0 aromatic heterocycles. The Morgan fingerprint density at radius 2 is 1.88 bits per heavy atom. The minimum absolute atomic E-state index is 0.0119. The third kappa shape index (κ3) is 5.50. The Bertz CT molecular complexity index is 195. The van der Waals surface area contributed by atoms with Crippen molar-refractivity contribution in [3.8, 4) is 0 Å². The largest absolute Gasteiger partial charge is 0.466 e. The van der Waals surface area contributed by atoms with Crippen LogP contribution in [0.4, 0.5) is 0 Å². The van der Waals surface area contributed by atoms with Crippen molar-refractivity contribution in [2.24, 2.45) is 0 Å². The van der Waals surface area contributed by atoms with Gasteiger partial charge in [0.25, 0.3) is 0 Å². The molecule has 0 amide bonds. The van der Waals surface area contributed by atoms with Gasteiger partial charge in [0.05, 0.1) is 25.2 Å². The Morgan fingerprint density at radius 1 is 1.25 bits per heavy atom. The molecule has 0 aliphatic heterocycles. The Kier molecular flexibility index (Phi) is 6.46. The molecule has 1 saturated carbocycles. The molecule has 0 heterocycles. The normalized spacial score (nSPS) is 20.1. The van der Waals surface area contributed by atoms with E-state index in [1.54, 1.807) is 0 Å². The van der Waals surface area contributed by atoms with E-state index >= 15 is 0 Å². The summed E-state index contributed by atoms with van der Waals surface area (Å²) >= 11 is 0. The van der Waals surface area contributed by atoms with E-state index in [2.05, 4.69) is 0 Å². The number of esters is 1. The second-order valence-corrected chi connectivity index (χ2v) is 4.57. The first kappa shape index (κ1) is 13.5. The molecule has 1 aliphatic carbocycles. The molecule has 0 saturated heterocycles. The SMILES string of the molecule is CCOC(=O)CC(C)OC1CCCCCC1. The Hall–Kier alpha value is -0.570. The third-order valence-electron chi connectivity index (χ3n) is 2.99. The van der Waals surface area contributed by atoms with Gasteiger partial charge in [-0.25, -0.2) is 0 Å². The van der Waals surface area contributed by atoms with Crippen molar-refractivity contribution in [1.82, 2.24) is 0 Å². The van der Waals surface area contributed by atoms with Gasteiger partial charge in [0.15, 0.2) is 0 Å². The van der Waals surface area contributed by atoms with E-state index in [1.807, 2.05) is 13.8 Å². The highest BCUT2D eigenvalue weighted by atomic mass is 16.5. The molecule has 0 radical (unpaired) electrons. The lowest BCUT2D eigenvalue weighted by atomic mass is 10.1. The molecular weight excluding hydrogens is 204 g/mol. The summed E-state index contributed by atoms with van der Waals surface area (Å²) in [4.78, 5) is 11.3. The predicted octanol–water partition coefficient (Wildman–Crippen LogP) is 3.07. The lowest BCUT2D eigenvalue weighted by molar-refractivity contribution is -0.147. The fourth-order valence-corrected chi connectivity index (χ4v) is 2.21. The standard InChI is InChI=1S/C13H24O3/c1-3-15-13(14)10-11(2)16-12-8-6-4-5-7-9-12/h11-12H,3-10H2,1-2H3. The third-order valence-corrected chi connectivity index (χ3v) is 2.99. The highest BCUT2D eigenvalue weighted by Gasteiger charge is 2.17. The average molecular weight is 228 g/mol. The molecule has 0 bridgehead atoms. The van der Waals surface area contributed by atoms with Crippen LogP contribution in [0.2, 0.25) is 0 Å².